The van der Waals surface area contributed by atoms with Gasteiger partial charge in [0.1, 0.15) is 5.75 Å². The first kappa shape index (κ1) is 21.9. The van der Waals surface area contributed by atoms with Crippen LogP contribution in [0, 0.1) is 0 Å². The van der Waals surface area contributed by atoms with Gasteiger partial charge in [0.15, 0.2) is 12.6 Å². The quantitative estimate of drug-likeness (QED) is 0.370. The molecule has 0 atom stereocenters. The van der Waals surface area contributed by atoms with Gasteiger partial charge in [-0.05, 0) is 28.8 Å². The number of benzene rings is 3. The van der Waals surface area contributed by atoms with E-state index in [4.69, 9.17) is 10.5 Å². The van der Waals surface area contributed by atoms with Gasteiger partial charge in [-0.3, -0.25) is 9.79 Å². The first-order valence-electron chi connectivity index (χ1n) is 10.2. The van der Waals surface area contributed by atoms with Crippen LogP contribution < -0.4 is 21.1 Å². The number of carbonyl (C=O) groups excluding carboxylic acids is 1. The van der Waals surface area contributed by atoms with Crippen LogP contribution in [-0.2, 0) is 11.3 Å². The molecule has 0 aliphatic heterocycles. The first-order valence-corrected chi connectivity index (χ1v) is 10.2. The highest BCUT2D eigenvalue weighted by Crippen LogP contribution is 2.23. The molecular formula is C25H28N4O2. The van der Waals surface area contributed by atoms with Crippen LogP contribution in [0.15, 0.2) is 89.9 Å². The summed E-state index contributed by atoms with van der Waals surface area (Å²) in [7, 11) is 1.75. The molecule has 6 heteroatoms. The largest absolute Gasteiger partial charge is 0.484 e. The summed E-state index contributed by atoms with van der Waals surface area (Å²) in [5.74, 6) is 1.01. The van der Waals surface area contributed by atoms with Crippen LogP contribution in [0.5, 0.6) is 5.75 Å². The lowest BCUT2D eigenvalue weighted by atomic mass is 9.91. The van der Waals surface area contributed by atoms with E-state index >= 15 is 0 Å². The highest BCUT2D eigenvalue weighted by Gasteiger charge is 2.14. The second kappa shape index (κ2) is 11.4. The maximum Gasteiger partial charge on any atom is 0.255 e. The normalized spacial score (nSPS) is 11.2. The summed E-state index contributed by atoms with van der Waals surface area (Å²) in [5.41, 5.74) is 8.64. The molecule has 3 aromatic rings. The molecule has 1 amide bonds. The molecule has 31 heavy (non-hydrogen) atoms. The molecule has 0 spiro atoms. The third kappa shape index (κ3) is 6.89. The third-order valence-electron chi connectivity index (χ3n) is 4.84. The minimum absolute atomic E-state index is 0.138. The Morgan fingerprint density at radius 1 is 0.935 bits per heavy atom. The smallest absolute Gasteiger partial charge is 0.255 e. The van der Waals surface area contributed by atoms with Crippen LogP contribution in [0.25, 0.3) is 0 Å². The fourth-order valence-electron chi connectivity index (χ4n) is 3.30. The number of nitrogens with zero attached hydrogens (tertiary/aromatic N) is 1. The van der Waals surface area contributed by atoms with Crippen LogP contribution in [0.4, 0.5) is 0 Å². The average Bonchev–Trinajstić information content (AvgIpc) is 2.81. The van der Waals surface area contributed by atoms with E-state index in [2.05, 4.69) is 64.2 Å². The molecule has 0 saturated carbocycles. The highest BCUT2D eigenvalue weighted by atomic mass is 16.5. The molecule has 0 saturated heterocycles. The molecule has 0 aliphatic carbocycles. The SMILES string of the molecule is CN=C(NCc1cccc(OCC(N)=O)c1)NCC(c1ccccc1)c1ccccc1. The molecule has 0 fully saturated rings. The zero-order chi connectivity index (χ0) is 21.9. The van der Waals surface area contributed by atoms with E-state index < -0.39 is 5.91 Å². The molecule has 160 valence electrons. The van der Waals surface area contributed by atoms with Crippen molar-refractivity contribution in [3.63, 3.8) is 0 Å². The topological polar surface area (TPSA) is 88.7 Å². The number of hydrogen-bond donors (Lipinski definition) is 3. The molecule has 3 aromatic carbocycles. The van der Waals surface area contributed by atoms with Crippen molar-refractivity contribution in [3.05, 3.63) is 102 Å². The fraction of sp³-hybridized carbons (Fsp3) is 0.200. The van der Waals surface area contributed by atoms with Gasteiger partial charge in [-0.2, -0.15) is 0 Å². The molecule has 4 N–H and O–H groups in total. The maximum absolute atomic E-state index is 10.9. The van der Waals surface area contributed by atoms with Crippen molar-refractivity contribution >= 4 is 11.9 Å². The minimum Gasteiger partial charge on any atom is -0.484 e. The van der Waals surface area contributed by atoms with Crippen molar-refractivity contribution in [2.45, 2.75) is 12.5 Å². The Bertz CT molecular complexity index is 951. The van der Waals surface area contributed by atoms with E-state index in [9.17, 15) is 4.79 Å². The van der Waals surface area contributed by atoms with E-state index in [-0.39, 0.29) is 12.5 Å². The van der Waals surface area contributed by atoms with Gasteiger partial charge in [-0.25, -0.2) is 0 Å². The molecule has 0 heterocycles. The van der Waals surface area contributed by atoms with Crippen LogP contribution in [0.3, 0.4) is 0 Å². The number of guanidine groups is 1. The Hall–Kier alpha value is -3.80. The van der Waals surface area contributed by atoms with E-state index in [1.807, 2.05) is 30.3 Å². The van der Waals surface area contributed by atoms with Crippen LogP contribution in [0.1, 0.15) is 22.6 Å². The van der Waals surface area contributed by atoms with Crippen LogP contribution in [0.2, 0.25) is 0 Å². The molecular weight excluding hydrogens is 388 g/mol. The number of ether oxygens (including phenoxy) is 1. The number of amides is 1. The molecule has 0 aromatic heterocycles. The van der Waals surface area contributed by atoms with E-state index in [0.717, 1.165) is 5.56 Å². The monoisotopic (exact) mass is 416 g/mol. The highest BCUT2D eigenvalue weighted by molar-refractivity contribution is 5.79. The number of nitrogens with one attached hydrogen (secondary N) is 2. The Balaban J connectivity index is 1.61. The Morgan fingerprint density at radius 2 is 1.58 bits per heavy atom. The predicted octanol–water partition coefficient (Wildman–Crippen LogP) is 3.05. The summed E-state index contributed by atoms with van der Waals surface area (Å²) in [6.07, 6.45) is 0. The standard InChI is InChI=1S/C25H28N4O2/c1-27-25(28-16-19-9-8-14-22(15-19)31-18-24(26)30)29-17-23(20-10-4-2-5-11-20)21-12-6-3-7-13-21/h2-15,23H,16-18H2,1H3,(H2,26,30)(H2,27,28,29). The number of primary amides is 1. The summed E-state index contributed by atoms with van der Waals surface area (Å²) < 4.78 is 5.37. The summed E-state index contributed by atoms with van der Waals surface area (Å²) >= 11 is 0. The molecule has 0 aliphatic rings. The van der Waals surface area contributed by atoms with Gasteiger partial charge >= 0.3 is 0 Å². The number of aliphatic imine (C=N–C) groups is 1. The van der Waals surface area contributed by atoms with Gasteiger partial charge in [0.2, 0.25) is 0 Å². The van der Waals surface area contributed by atoms with Crippen LogP contribution in [-0.4, -0.2) is 32.1 Å². The van der Waals surface area contributed by atoms with Crippen molar-refractivity contribution < 1.29 is 9.53 Å². The second-order valence-electron chi connectivity index (χ2n) is 7.08. The fourth-order valence-corrected chi connectivity index (χ4v) is 3.30. The number of hydrogen-bond acceptors (Lipinski definition) is 3. The van der Waals surface area contributed by atoms with Crippen molar-refractivity contribution in [2.75, 3.05) is 20.2 Å². The van der Waals surface area contributed by atoms with Crippen molar-refractivity contribution in [1.82, 2.24) is 10.6 Å². The van der Waals surface area contributed by atoms with Gasteiger partial charge in [-0.15, -0.1) is 0 Å². The third-order valence-corrected chi connectivity index (χ3v) is 4.84. The van der Waals surface area contributed by atoms with Crippen molar-refractivity contribution in [2.24, 2.45) is 10.7 Å². The summed E-state index contributed by atoms with van der Waals surface area (Å²) in [6.45, 7) is 1.13. The molecule has 6 nitrogen and oxygen atoms in total. The van der Waals surface area contributed by atoms with E-state index in [1.165, 1.54) is 11.1 Å². The number of carbonyl (C=O) groups is 1. The minimum atomic E-state index is -0.500. The van der Waals surface area contributed by atoms with Crippen LogP contribution >= 0.6 is 0 Å². The number of nitrogens with two attached hydrogens (primary N) is 1. The van der Waals surface area contributed by atoms with Gasteiger partial charge < -0.3 is 21.1 Å². The summed E-state index contributed by atoms with van der Waals surface area (Å²) in [6, 6.07) is 28.4. The zero-order valence-corrected chi connectivity index (χ0v) is 17.6. The molecule has 3 rings (SSSR count). The second-order valence-corrected chi connectivity index (χ2v) is 7.08. The number of rotatable bonds is 9. The van der Waals surface area contributed by atoms with Crippen molar-refractivity contribution in [1.29, 1.82) is 0 Å². The lowest BCUT2D eigenvalue weighted by Gasteiger charge is -2.20. The van der Waals surface area contributed by atoms with E-state index in [0.29, 0.717) is 24.8 Å². The van der Waals surface area contributed by atoms with Gasteiger partial charge in [-0.1, -0.05) is 72.8 Å². The molecule has 0 radical (unpaired) electrons. The van der Waals surface area contributed by atoms with Gasteiger partial charge in [0.05, 0.1) is 0 Å². The van der Waals surface area contributed by atoms with E-state index in [1.54, 1.807) is 13.1 Å². The Morgan fingerprint density at radius 3 is 2.16 bits per heavy atom. The Kier molecular flexibility index (Phi) is 8.05. The maximum atomic E-state index is 10.9. The van der Waals surface area contributed by atoms with Gasteiger partial charge in [0.25, 0.3) is 5.91 Å². The summed E-state index contributed by atoms with van der Waals surface area (Å²) in [4.78, 5) is 15.3. The Labute approximate surface area is 183 Å². The zero-order valence-electron chi connectivity index (χ0n) is 17.6. The molecule has 0 bridgehead atoms. The average molecular weight is 417 g/mol. The first-order chi connectivity index (χ1) is 15.2. The predicted molar refractivity (Wildman–Crippen MR) is 124 cm³/mol. The lowest BCUT2D eigenvalue weighted by Crippen LogP contribution is -2.39. The van der Waals surface area contributed by atoms with Gasteiger partial charge in [0, 0.05) is 26.1 Å². The molecule has 0 unspecified atom stereocenters. The lowest BCUT2D eigenvalue weighted by molar-refractivity contribution is -0.119. The summed E-state index contributed by atoms with van der Waals surface area (Å²) in [5, 5.41) is 6.77. The van der Waals surface area contributed by atoms with Crippen molar-refractivity contribution in [3.8, 4) is 5.75 Å².